The van der Waals surface area contributed by atoms with Gasteiger partial charge in [-0.2, -0.15) is 8.78 Å². The number of rotatable bonds is 0. The van der Waals surface area contributed by atoms with Crippen LogP contribution in [-0.2, 0) is 5.41 Å². The van der Waals surface area contributed by atoms with Gasteiger partial charge in [-0.1, -0.05) is 20.8 Å². The topological polar surface area (TPSA) is 20.2 Å². The van der Waals surface area contributed by atoms with Crippen LogP contribution in [0.15, 0.2) is 0 Å². The lowest BCUT2D eigenvalue weighted by Gasteiger charge is -2.21. The van der Waals surface area contributed by atoms with Gasteiger partial charge in [-0.05, 0) is 5.41 Å². The molecule has 0 radical (unpaired) electrons. The molecule has 15 heavy (non-hydrogen) atoms. The summed E-state index contributed by atoms with van der Waals surface area (Å²) in [5, 5.41) is 8.73. The second-order valence-electron chi connectivity index (χ2n) is 4.23. The van der Waals surface area contributed by atoms with Gasteiger partial charge in [-0.3, -0.25) is 0 Å². The summed E-state index contributed by atoms with van der Waals surface area (Å²) in [7, 11) is 0. The van der Waals surface area contributed by atoms with Crippen molar-refractivity contribution >= 4 is 0 Å². The second-order valence-corrected chi connectivity index (χ2v) is 4.23. The maximum atomic E-state index is 13.3. The van der Waals surface area contributed by atoms with Crippen LogP contribution < -0.4 is 0 Å². The lowest BCUT2D eigenvalue weighted by Crippen LogP contribution is -2.18. The van der Waals surface area contributed by atoms with Crippen molar-refractivity contribution in [1.29, 1.82) is 0 Å². The number of phenols is 1. The largest absolute Gasteiger partial charge is 0.503 e. The van der Waals surface area contributed by atoms with Crippen LogP contribution in [0.3, 0.4) is 0 Å². The third-order valence-corrected chi connectivity index (χ3v) is 1.99. The SMILES string of the molecule is CC(C)(C)c1c(F)c(F)c(O)c(F)c1F. The van der Waals surface area contributed by atoms with E-state index in [-0.39, 0.29) is 0 Å². The quantitative estimate of drug-likeness (QED) is 0.527. The van der Waals surface area contributed by atoms with Crippen LogP contribution in [0.1, 0.15) is 26.3 Å². The molecule has 0 aliphatic heterocycles. The minimum Gasteiger partial charge on any atom is -0.503 e. The Morgan fingerprint density at radius 1 is 0.800 bits per heavy atom. The molecule has 0 aromatic heterocycles. The van der Waals surface area contributed by atoms with E-state index in [0.717, 1.165) is 0 Å². The van der Waals surface area contributed by atoms with E-state index in [0.29, 0.717) is 0 Å². The van der Waals surface area contributed by atoms with Gasteiger partial charge in [0.25, 0.3) is 0 Å². The normalized spacial score (nSPS) is 11.9. The standard InChI is InChI=1S/C10H10F4O/c1-10(2,3)4-5(11)7(13)9(15)8(14)6(4)12/h15H,1-3H3. The predicted octanol–water partition coefficient (Wildman–Crippen LogP) is 3.25. The highest BCUT2D eigenvalue weighted by molar-refractivity contribution is 5.36. The Bertz CT molecular complexity index is 378. The van der Waals surface area contributed by atoms with Crippen LogP contribution in [0.5, 0.6) is 5.75 Å². The molecule has 84 valence electrons. The Morgan fingerprint density at radius 2 is 1.13 bits per heavy atom. The van der Waals surface area contributed by atoms with Gasteiger partial charge in [-0.25, -0.2) is 8.78 Å². The molecule has 1 N–H and O–H groups in total. The van der Waals surface area contributed by atoms with E-state index in [1.807, 2.05) is 0 Å². The molecule has 0 spiro atoms. The van der Waals surface area contributed by atoms with Crippen molar-refractivity contribution in [2.24, 2.45) is 0 Å². The van der Waals surface area contributed by atoms with Crippen LogP contribution in [0, 0.1) is 23.3 Å². The molecule has 0 saturated heterocycles. The molecular formula is C10H10F4O. The van der Waals surface area contributed by atoms with Gasteiger partial charge < -0.3 is 5.11 Å². The zero-order valence-corrected chi connectivity index (χ0v) is 8.46. The van der Waals surface area contributed by atoms with Crippen molar-refractivity contribution in [3.63, 3.8) is 0 Å². The van der Waals surface area contributed by atoms with E-state index in [4.69, 9.17) is 5.11 Å². The Hall–Kier alpha value is -1.26. The summed E-state index contributed by atoms with van der Waals surface area (Å²) in [4.78, 5) is 0. The number of aromatic hydroxyl groups is 1. The second kappa shape index (κ2) is 3.40. The zero-order valence-electron chi connectivity index (χ0n) is 8.46. The van der Waals surface area contributed by atoms with Crippen LogP contribution in [0.25, 0.3) is 0 Å². The molecule has 0 bridgehead atoms. The van der Waals surface area contributed by atoms with Crippen molar-refractivity contribution in [3.05, 3.63) is 28.8 Å². The molecule has 0 aliphatic carbocycles. The van der Waals surface area contributed by atoms with E-state index in [1.54, 1.807) is 0 Å². The molecule has 1 aromatic carbocycles. The minimum absolute atomic E-state index is 0.713. The van der Waals surface area contributed by atoms with Crippen LogP contribution in [0.4, 0.5) is 17.6 Å². The Kier molecular flexibility index (Phi) is 2.67. The average Bonchev–Trinajstić information content (AvgIpc) is 2.09. The maximum absolute atomic E-state index is 13.3. The summed E-state index contributed by atoms with van der Waals surface area (Å²) in [6.07, 6.45) is 0. The van der Waals surface area contributed by atoms with Gasteiger partial charge in [0, 0.05) is 5.56 Å². The van der Waals surface area contributed by atoms with Gasteiger partial charge in [-0.15, -0.1) is 0 Å². The van der Waals surface area contributed by atoms with E-state index < -0.39 is 40.0 Å². The number of benzene rings is 1. The highest BCUT2D eigenvalue weighted by Gasteiger charge is 2.31. The first-order valence-corrected chi connectivity index (χ1v) is 4.23. The molecule has 1 aromatic rings. The molecule has 0 unspecified atom stereocenters. The molecule has 0 heterocycles. The predicted molar refractivity (Wildman–Crippen MR) is 46.6 cm³/mol. The summed E-state index contributed by atoms with van der Waals surface area (Å²) in [5.74, 6) is -8.27. The highest BCUT2D eigenvalue weighted by Crippen LogP contribution is 2.35. The summed E-state index contributed by atoms with van der Waals surface area (Å²) in [5.41, 5.74) is -1.81. The molecule has 1 nitrogen and oxygen atoms in total. The molecule has 0 saturated carbocycles. The Morgan fingerprint density at radius 3 is 1.40 bits per heavy atom. The van der Waals surface area contributed by atoms with Crippen molar-refractivity contribution in [2.45, 2.75) is 26.2 Å². The van der Waals surface area contributed by atoms with Gasteiger partial charge in [0.15, 0.2) is 17.4 Å². The number of halogens is 4. The molecule has 5 heteroatoms. The van der Waals surface area contributed by atoms with Crippen LogP contribution in [0.2, 0.25) is 0 Å². The van der Waals surface area contributed by atoms with Crippen molar-refractivity contribution in [1.82, 2.24) is 0 Å². The maximum Gasteiger partial charge on any atom is 0.203 e. The van der Waals surface area contributed by atoms with Crippen molar-refractivity contribution < 1.29 is 22.7 Å². The molecule has 1 rings (SSSR count). The van der Waals surface area contributed by atoms with E-state index in [1.165, 1.54) is 20.8 Å². The Balaban J connectivity index is 3.68. The van der Waals surface area contributed by atoms with Gasteiger partial charge in [0.1, 0.15) is 0 Å². The van der Waals surface area contributed by atoms with E-state index in [9.17, 15) is 17.6 Å². The smallest absolute Gasteiger partial charge is 0.203 e. The minimum atomic E-state index is -1.76. The lowest BCUT2D eigenvalue weighted by atomic mass is 9.86. The fourth-order valence-corrected chi connectivity index (χ4v) is 1.28. The summed E-state index contributed by atoms with van der Waals surface area (Å²) in [6.45, 7) is 4.22. The van der Waals surface area contributed by atoms with Crippen LogP contribution >= 0.6 is 0 Å². The first-order chi connectivity index (χ1) is 6.68. The average molecular weight is 222 g/mol. The monoisotopic (exact) mass is 222 g/mol. The lowest BCUT2D eigenvalue weighted by molar-refractivity contribution is 0.339. The van der Waals surface area contributed by atoms with Gasteiger partial charge >= 0.3 is 0 Å². The van der Waals surface area contributed by atoms with Gasteiger partial charge in [0.2, 0.25) is 11.6 Å². The number of phenolic OH excluding ortho intramolecular Hbond substituents is 1. The van der Waals surface area contributed by atoms with Crippen molar-refractivity contribution in [2.75, 3.05) is 0 Å². The first kappa shape index (κ1) is 11.8. The zero-order chi connectivity index (χ0) is 12.0. The number of hydrogen-bond donors (Lipinski definition) is 1. The molecule has 0 amide bonds. The third-order valence-electron chi connectivity index (χ3n) is 1.99. The Labute approximate surface area is 84.3 Å². The molecule has 0 aliphatic rings. The van der Waals surface area contributed by atoms with Crippen molar-refractivity contribution in [3.8, 4) is 5.75 Å². The molecular weight excluding hydrogens is 212 g/mol. The van der Waals surface area contributed by atoms with Gasteiger partial charge in [0.05, 0.1) is 0 Å². The van der Waals surface area contributed by atoms with Crippen LogP contribution in [-0.4, -0.2) is 5.11 Å². The van der Waals surface area contributed by atoms with E-state index in [2.05, 4.69) is 0 Å². The summed E-state index contributed by atoms with van der Waals surface area (Å²) >= 11 is 0. The summed E-state index contributed by atoms with van der Waals surface area (Å²) < 4.78 is 52.4. The number of hydrogen-bond acceptors (Lipinski definition) is 1. The highest BCUT2D eigenvalue weighted by atomic mass is 19.2. The fourth-order valence-electron chi connectivity index (χ4n) is 1.28. The third kappa shape index (κ3) is 1.78. The first-order valence-electron chi connectivity index (χ1n) is 4.23. The molecule has 0 atom stereocenters. The molecule has 0 fully saturated rings. The van der Waals surface area contributed by atoms with E-state index >= 15 is 0 Å². The summed E-state index contributed by atoms with van der Waals surface area (Å²) in [6, 6.07) is 0. The fraction of sp³-hybridized carbons (Fsp3) is 0.400.